The third kappa shape index (κ3) is 4.17. The molecule has 0 saturated heterocycles. The lowest BCUT2D eigenvalue weighted by molar-refractivity contribution is 0.414. The Hall–Kier alpha value is -2.66. The molecule has 3 aromatic rings. The lowest BCUT2D eigenvalue weighted by Crippen LogP contribution is -2.16. The van der Waals surface area contributed by atoms with Crippen molar-refractivity contribution in [2.45, 2.75) is 13.0 Å². The molecule has 2 aromatic carbocycles. The van der Waals surface area contributed by atoms with Gasteiger partial charge in [0.05, 0.1) is 13.7 Å². The molecule has 3 rings (SSSR count). The van der Waals surface area contributed by atoms with Crippen LogP contribution in [0.25, 0.3) is 11.5 Å². The van der Waals surface area contributed by atoms with Crippen molar-refractivity contribution in [3.8, 4) is 17.2 Å². The van der Waals surface area contributed by atoms with Crippen LogP contribution < -0.4 is 10.1 Å². The molecule has 0 unspecified atom stereocenters. The molecule has 1 aromatic heterocycles. The number of nitrogens with zero attached hydrogens (tertiary/aromatic N) is 2. The number of rotatable bonds is 7. The molecule has 0 bridgehead atoms. The minimum atomic E-state index is 0.503. The van der Waals surface area contributed by atoms with Gasteiger partial charge in [-0.15, -0.1) is 10.2 Å². The first-order valence-corrected chi connectivity index (χ1v) is 7.56. The van der Waals surface area contributed by atoms with E-state index in [0.29, 0.717) is 18.3 Å². The molecule has 118 valence electrons. The number of aromatic nitrogens is 2. The Morgan fingerprint density at radius 1 is 1.04 bits per heavy atom. The molecule has 5 heteroatoms. The number of hydrogen-bond donors (Lipinski definition) is 1. The van der Waals surface area contributed by atoms with Gasteiger partial charge in [-0.05, 0) is 36.7 Å². The van der Waals surface area contributed by atoms with Gasteiger partial charge < -0.3 is 14.5 Å². The summed E-state index contributed by atoms with van der Waals surface area (Å²) in [6.07, 6.45) is 0.970. The Morgan fingerprint density at radius 2 is 1.91 bits per heavy atom. The quantitative estimate of drug-likeness (QED) is 0.680. The van der Waals surface area contributed by atoms with Crippen molar-refractivity contribution >= 4 is 0 Å². The van der Waals surface area contributed by atoms with Crippen LogP contribution in [-0.4, -0.2) is 23.9 Å². The average Bonchev–Trinajstić information content (AvgIpc) is 3.09. The average molecular weight is 309 g/mol. The van der Waals surface area contributed by atoms with Gasteiger partial charge in [0.2, 0.25) is 11.8 Å². The smallest absolute Gasteiger partial charge is 0.247 e. The van der Waals surface area contributed by atoms with Crippen LogP contribution in [0.3, 0.4) is 0 Å². The second kappa shape index (κ2) is 7.56. The molecule has 0 radical (unpaired) electrons. The van der Waals surface area contributed by atoms with E-state index in [1.807, 2.05) is 42.5 Å². The molecule has 0 spiro atoms. The molecular formula is C18H19N3O2. The summed E-state index contributed by atoms with van der Waals surface area (Å²) in [5, 5.41) is 11.5. The zero-order valence-electron chi connectivity index (χ0n) is 13.0. The molecule has 1 heterocycles. The molecule has 0 aliphatic rings. The fourth-order valence-electron chi connectivity index (χ4n) is 2.27. The first-order valence-electron chi connectivity index (χ1n) is 7.56. The van der Waals surface area contributed by atoms with Crippen molar-refractivity contribution in [3.05, 3.63) is 66.1 Å². The summed E-state index contributed by atoms with van der Waals surface area (Å²) in [6.45, 7) is 1.42. The van der Waals surface area contributed by atoms with E-state index in [9.17, 15) is 0 Å². The lowest BCUT2D eigenvalue weighted by Gasteiger charge is -2.02. The van der Waals surface area contributed by atoms with Crippen molar-refractivity contribution in [2.75, 3.05) is 13.7 Å². The fourth-order valence-corrected chi connectivity index (χ4v) is 2.27. The van der Waals surface area contributed by atoms with Crippen molar-refractivity contribution in [1.82, 2.24) is 15.5 Å². The summed E-state index contributed by atoms with van der Waals surface area (Å²) in [6, 6.07) is 17.9. The Labute approximate surface area is 135 Å². The molecule has 0 saturated carbocycles. The Morgan fingerprint density at radius 3 is 2.74 bits per heavy atom. The first-order chi connectivity index (χ1) is 11.3. The van der Waals surface area contributed by atoms with Gasteiger partial charge in [0.15, 0.2) is 0 Å². The largest absolute Gasteiger partial charge is 0.497 e. The highest BCUT2D eigenvalue weighted by Crippen LogP contribution is 2.22. The summed E-state index contributed by atoms with van der Waals surface area (Å²) < 4.78 is 10.9. The van der Waals surface area contributed by atoms with Gasteiger partial charge >= 0.3 is 0 Å². The van der Waals surface area contributed by atoms with Gasteiger partial charge in [-0.3, -0.25) is 0 Å². The van der Waals surface area contributed by atoms with Gasteiger partial charge in [0, 0.05) is 5.56 Å². The fraction of sp³-hybridized carbons (Fsp3) is 0.222. The molecular weight excluding hydrogens is 290 g/mol. The highest BCUT2D eigenvalue weighted by Gasteiger charge is 2.09. The molecule has 5 nitrogen and oxygen atoms in total. The predicted octanol–water partition coefficient (Wildman–Crippen LogP) is 3.08. The molecule has 0 aliphatic carbocycles. The number of benzene rings is 2. The van der Waals surface area contributed by atoms with E-state index in [2.05, 4.69) is 27.6 Å². The molecule has 0 fully saturated rings. The summed E-state index contributed by atoms with van der Waals surface area (Å²) in [5.41, 5.74) is 2.16. The predicted molar refractivity (Wildman–Crippen MR) is 88.1 cm³/mol. The topological polar surface area (TPSA) is 60.2 Å². The first kappa shape index (κ1) is 15.2. The maximum absolute atomic E-state index is 5.68. The lowest BCUT2D eigenvalue weighted by atomic mass is 10.1. The van der Waals surface area contributed by atoms with Crippen LogP contribution in [0.15, 0.2) is 59.0 Å². The molecule has 1 N–H and O–H groups in total. The van der Waals surface area contributed by atoms with E-state index in [0.717, 1.165) is 24.3 Å². The zero-order chi connectivity index (χ0) is 15.9. The van der Waals surface area contributed by atoms with Crippen LogP contribution in [0.2, 0.25) is 0 Å². The van der Waals surface area contributed by atoms with Crippen LogP contribution in [-0.2, 0) is 13.0 Å². The second-order valence-electron chi connectivity index (χ2n) is 5.15. The van der Waals surface area contributed by atoms with Gasteiger partial charge in [0.1, 0.15) is 5.75 Å². The summed E-state index contributed by atoms with van der Waals surface area (Å²) in [4.78, 5) is 0. The Balaban J connectivity index is 1.53. The minimum Gasteiger partial charge on any atom is -0.497 e. The Kier molecular flexibility index (Phi) is 5.01. The van der Waals surface area contributed by atoms with Crippen LogP contribution in [0.1, 0.15) is 11.5 Å². The monoisotopic (exact) mass is 309 g/mol. The summed E-state index contributed by atoms with van der Waals surface area (Å²) >= 11 is 0. The van der Waals surface area contributed by atoms with Crippen molar-refractivity contribution in [1.29, 1.82) is 0 Å². The standard InChI is InChI=1S/C18H19N3O2/c1-22-16-9-5-8-15(12-16)18-21-20-17(23-18)13-19-11-10-14-6-3-2-4-7-14/h2-9,12,19H,10-11,13H2,1H3. The summed E-state index contributed by atoms with van der Waals surface area (Å²) in [7, 11) is 1.63. The van der Waals surface area contributed by atoms with E-state index >= 15 is 0 Å². The molecule has 0 aliphatic heterocycles. The van der Waals surface area contributed by atoms with E-state index in [1.165, 1.54) is 5.56 Å². The zero-order valence-corrected chi connectivity index (χ0v) is 13.0. The number of ether oxygens (including phenoxy) is 1. The van der Waals surface area contributed by atoms with Crippen molar-refractivity contribution in [2.24, 2.45) is 0 Å². The third-order valence-electron chi connectivity index (χ3n) is 3.49. The van der Waals surface area contributed by atoms with Gasteiger partial charge in [-0.25, -0.2) is 0 Å². The van der Waals surface area contributed by atoms with E-state index < -0.39 is 0 Å². The maximum atomic E-state index is 5.68. The van der Waals surface area contributed by atoms with E-state index in [1.54, 1.807) is 7.11 Å². The molecule has 23 heavy (non-hydrogen) atoms. The van der Waals surface area contributed by atoms with Crippen LogP contribution in [0.5, 0.6) is 5.75 Å². The molecule has 0 amide bonds. The van der Waals surface area contributed by atoms with Crippen molar-refractivity contribution < 1.29 is 9.15 Å². The van der Waals surface area contributed by atoms with Crippen LogP contribution in [0, 0.1) is 0 Å². The van der Waals surface area contributed by atoms with Crippen LogP contribution in [0.4, 0.5) is 0 Å². The third-order valence-corrected chi connectivity index (χ3v) is 3.49. The van der Waals surface area contributed by atoms with E-state index in [-0.39, 0.29) is 0 Å². The van der Waals surface area contributed by atoms with Gasteiger partial charge in [-0.2, -0.15) is 0 Å². The summed E-state index contributed by atoms with van der Waals surface area (Å²) in [5.74, 6) is 1.85. The van der Waals surface area contributed by atoms with Gasteiger partial charge in [0.25, 0.3) is 0 Å². The number of hydrogen-bond acceptors (Lipinski definition) is 5. The van der Waals surface area contributed by atoms with Crippen LogP contribution >= 0.6 is 0 Å². The minimum absolute atomic E-state index is 0.503. The van der Waals surface area contributed by atoms with Gasteiger partial charge in [-0.1, -0.05) is 36.4 Å². The normalized spacial score (nSPS) is 10.7. The highest BCUT2D eigenvalue weighted by atomic mass is 16.5. The molecule has 0 atom stereocenters. The van der Waals surface area contributed by atoms with Crippen molar-refractivity contribution in [3.63, 3.8) is 0 Å². The Bertz CT molecular complexity index is 741. The number of methoxy groups -OCH3 is 1. The maximum Gasteiger partial charge on any atom is 0.247 e. The van der Waals surface area contributed by atoms with E-state index in [4.69, 9.17) is 9.15 Å². The highest BCUT2D eigenvalue weighted by molar-refractivity contribution is 5.55. The SMILES string of the molecule is COc1cccc(-c2nnc(CNCCc3ccccc3)o2)c1. The second-order valence-corrected chi connectivity index (χ2v) is 5.15. The number of nitrogens with one attached hydrogen (secondary N) is 1.